The largest absolute Gasteiger partial charge is 0.466 e. The number of aliphatic hydroxyl groups excluding tert-OH is 2. The summed E-state index contributed by atoms with van der Waals surface area (Å²) >= 11 is 0. The molecule has 0 spiro atoms. The molecule has 2 unspecified atom stereocenters. The molecule has 0 amide bonds. The molecule has 8 nitrogen and oxygen atoms in total. The minimum absolute atomic E-state index is 0.0441. The summed E-state index contributed by atoms with van der Waals surface area (Å²) in [6.07, 6.45) is 0.237. The SMILES string of the molecule is CCC(CC)OC(/C=C(\CC[N+](=O)[O-])C(=O)OC)C(O)CO. The van der Waals surface area contributed by atoms with Gasteiger partial charge in [-0.25, -0.2) is 4.79 Å². The van der Waals surface area contributed by atoms with Gasteiger partial charge in [0.1, 0.15) is 12.2 Å². The van der Waals surface area contributed by atoms with Crippen molar-refractivity contribution in [3.8, 4) is 0 Å². The van der Waals surface area contributed by atoms with Crippen molar-refractivity contribution in [1.82, 2.24) is 0 Å². The smallest absolute Gasteiger partial charge is 0.333 e. The van der Waals surface area contributed by atoms with E-state index in [0.29, 0.717) is 12.8 Å². The second-order valence-corrected chi connectivity index (χ2v) is 4.78. The Kier molecular flexibility index (Phi) is 10.3. The molecular weight excluding hydrogens is 294 g/mol. The van der Waals surface area contributed by atoms with Crippen molar-refractivity contribution >= 4 is 5.97 Å². The summed E-state index contributed by atoms with van der Waals surface area (Å²) in [4.78, 5) is 21.6. The Bertz CT molecular complexity index is 379. The first-order valence-electron chi connectivity index (χ1n) is 7.24. The summed E-state index contributed by atoms with van der Waals surface area (Å²) < 4.78 is 10.3. The van der Waals surface area contributed by atoms with E-state index in [4.69, 9.17) is 9.84 Å². The van der Waals surface area contributed by atoms with E-state index in [9.17, 15) is 20.0 Å². The number of hydrogen-bond donors (Lipinski definition) is 2. The van der Waals surface area contributed by atoms with Crippen molar-refractivity contribution in [1.29, 1.82) is 0 Å². The van der Waals surface area contributed by atoms with E-state index in [1.165, 1.54) is 13.2 Å². The van der Waals surface area contributed by atoms with Crippen LogP contribution in [-0.2, 0) is 14.3 Å². The van der Waals surface area contributed by atoms with Crippen LogP contribution in [0.15, 0.2) is 11.6 Å². The topological polar surface area (TPSA) is 119 Å². The zero-order chi connectivity index (χ0) is 17.1. The molecule has 0 aliphatic carbocycles. The molecule has 0 aliphatic heterocycles. The molecule has 0 saturated carbocycles. The number of hydrogen-bond acceptors (Lipinski definition) is 7. The second kappa shape index (κ2) is 11.1. The summed E-state index contributed by atoms with van der Waals surface area (Å²) in [5.74, 6) is -0.717. The van der Waals surface area contributed by atoms with Crippen LogP contribution in [0.4, 0.5) is 0 Å². The van der Waals surface area contributed by atoms with Gasteiger partial charge in [-0.15, -0.1) is 0 Å². The zero-order valence-electron chi connectivity index (χ0n) is 13.2. The third-order valence-electron chi connectivity index (χ3n) is 3.20. The van der Waals surface area contributed by atoms with E-state index in [1.807, 2.05) is 13.8 Å². The Morgan fingerprint density at radius 3 is 2.36 bits per heavy atom. The van der Waals surface area contributed by atoms with Crippen LogP contribution in [0.5, 0.6) is 0 Å². The van der Waals surface area contributed by atoms with Gasteiger partial charge in [-0.3, -0.25) is 10.1 Å². The molecule has 0 aromatic carbocycles. The van der Waals surface area contributed by atoms with Gasteiger partial charge < -0.3 is 19.7 Å². The highest BCUT2D eigenvalue weighted by Crippen LogP contribution is 2.15. The van der Waals surface area contributed by atoms with Crippen molar-refractivity contribution in [2.75, 3.05) is 20.3 Å². The molecule has 2 atom stereocenters. The minimum atomic E-state index is -1.23. The molecule has 2 N–H and O–H groups in total. The molecule has 0 saturated heterocycles. The molecule has 0 aliphatic rings. The third kappa shape index (κ3) is 7.48. The van der Waals surface area contributed by atoms with E-state index >= 15 is 0 Å². The van der Waals surface area contributed by atoms with Crippen LogP contribution in [0.1, 0.15) is 33.1 Å². The van der Waals surface area contributed by atoms with E-state index in [2.05, 4.69) is 4.74 Å². The van der Waals surface area contributed by atoms with Gasteiger partial charge in [-0.2, -0.15) is 0 Å². The standard InChI is InChI=1S/C14H25NO7/c1-4-11(5-2)22-13(12(17)9-16)8-10(14(18)21-3)6-7-15(19)20/h8,11-13,16-17H,4-7,9H2,1-3H3/b10-8+. The monoisotopic (exact) mass is 319 g/mol. The number of nitrogens with zero attached hydrogens (tertiary/aromatic N) is 1. The normalized spacial score (nSPS) is 14.7. The van der Waals surface area contributed by atoms with Gasteiger partial charge in [0.15, 0.2) is 0 Å². The van der Waals surface area contributed by atoms with E-state index < -0.39 is 36.3 Å². The van der Waals surface area contributed by atoms with Crippen LogP contribution in [0.2, 0.25) is 0 Å². The lowest BCUT2D eigenvalue weighted by Gasteiger charge is -2.25. The summed E-state index contributed by atoms with van der Waals surface area (Å²) in [6, 6.07) is 0. The van der Waals surface area contributed by atoms with E-state index in [-0.39, 0.29) is 18.1 Å². The fraction of sp³-hybridized carbons (Fsp3) is 0.786. The maximum Gasteiger partial charge on any atom is 0.333 e. The number of carbonyl (C=O) groups excluding carboxylic acids is 1. The van der Waals surface area contributed by atoms with Crippen molar-refractivity contribution in [3.63, 3.8) is 0 Å². The molecule has 128 valence electrons. The predicted octanol–water partition coefficient (Wildman–Crippen LogP) is 0.680. The molecule has 8 heteroatoms. The second-order valence-electron chi connectivity index (χ2n) is 4.78. The minimum Gasteiger partial charge on any atom is -0.466 e. The molecule has 0 fully saturated rings. The quantitative estimate of drug-likeness (QED) is 0.249. The fourth-order valence-electron chi connectivity index (χ4n) is 1.84. The summed E-state index contributed by atoms with van der Waals surface area (Å²) in [7, 11) is 1.17. The van der Waals surface area contributed by atoms with E-state index in [0.717, 1.165) is 0 Å². The Balaban J connectivity index is 5.25. The van der Waals surface area contributed by atoms with Crippen LogP contribution in [0.25, 0.3) is 0 Å². The van der Waals surface area contributed by atoms with Crippen LogP contribution < -0.4 is 0 Å². The Hall–Kier alpha value is -1.51. The van der Waals surface area contributed by atoms with E-state index in [1.54, 1.807) is 0 Å². The zero-order valence-corrected chi connectivity index (χ0v) is 13.2. The molecule has 0 aromatic rings. The summed E-state index contributed by atoms with van der Waals surface area (Å²) in [5, 5.41) is 29.4. The number of esters is 1. The summed E-state index contributed by atoms with van der Waals surface area (Å²) in [5.41, 5.74) is 0.0441. The molecule has 0 aromatic heterocycles. The number of carbonyl (C=O) groups is 1. The van der Waals surface area contributed by atoms with Gasteiger partial charge in [0.2, 0.25) is 6.54 Å². The van der Waals surface area contributed by atoms with Crippen LogP contribution in [0.3, 0.4) is 0 Å². The number of methoxy groups -OCH3 is 1. The fourth-order valence-corrected chi connectivity index (χ4v) is 1.84. The Labute approximate surface area is 129 Å². The first kappa shape index (κ1) is 20.5. The number of aliphatic hydroxyl groups is 2. The Morgan fingerprint density at radius 1 is 1.36 bits per heavy atom. The first-order chi connectivity index (χ1) is 10.4. The maximum absolute atomic E-state index is 11.7. The highest BCUT2D eigenvalue weighted by Gasteiger charge is 2.23. The predicted molar refractivity (Wildman–Crippen MR) is 78.9 cm³/mol. The van der Waals surface area contributed by atoms with Crippen molar-refractivity contribution in [3.05, 3.63) is 21.8 Å². The maximum atomic E-state index is 11.7. The van der Waals surface area contributed by atoms with Crippen molar-refractivity contribution in [2.24, 2.45) is 0 Å². The van der Waals surface area contributed by atoms with Crippen LogP contribution in [0, 0.1) is 10.1 Å². The highest BCUT2D eigenvalue weighted by atomic mass is 16.6. The van der Waals surface area contributed by atoms with Crippen LogP contribution >= 0.6 is 0 Å². The molecule has 0 heterocycles. The van der Waals surface area contributed by atoms with Crippen molar-refractivity contribution < 1.29 is 29.4 Å². The highest BCUT2D eigenvalue weighted by molar-refractivity contribution is 5.88. The molecule has 0 bridgehead atoms. The van der Waals surface area contributed by atoms with Gasteiger partial charge in [-0.1, -0.05) is 13.8 Å². The Morgan fingerprint density at radius 2 is 1.95 bits per heavy atom. The first-order valence-corrected chi connectivity index (χ1v) is 7.24. The molecule has 0 radical (unpaired) electrons. The lowest BCUT2D eigenvalue weighted by molar-refractivity contribution is -0.479. The number of ether oxygens (including phenoxy) is 2. The summed E-state index contributed by atoms with van der Waals surface area (Å²) in [6.45, 7) is 2.83. The molecular formula is C14H25NO7. The average molecular weight is 319 g/mol. The van der Waals surface area contributed by atoms with Crippen molar-refractivity contribution in [2.45, 2.75) is 51.4 Å². The van der Waals surface area contributed by atoms with Gasteiger partial charge in [-0.05, 0) is 18.9 Å². The van der Waals surface area contributed by atoms with Gasteiger partial charge in [0.05, 0.1) is 19.8 Å². The molecule has 0 rings (SSSR count). The van der Waals surface area contributed by atoms with Gasteiger partial charge in [0.25, 0.3) is 0 Å². The third-order valence-corrected chi connectivity index (χ3v) is 3.20. The van der Waals surface area contributed by atoms with Gasteiger partial charge >= 0.3 is 5.97 Å². The number of rotatable bonds is 11. The average Bonchev–Trinajstić information content (AvgIpc) is 2.52. The van der Waals surface area contributed by atoms with Gasteiger partial charge in [0, 0.05) is 16.9 Å². The number of nitro groups is 1. The molecule has 22 heavy (non-hydrogen) atoms. The lowest BCUT2D eigenvalue weighted by Crippen LogP contribution is -2.34. The van der Waals surface area contributed by atoms with Crippen LogP contribution in [-0.4, -0.2) is 59.7 Å². The lowest BCUT2D eigenvalue weighted by atomic mass is 10.1.